The summed E-state index contributed by atoms with van der Waals surface area (Å²) in [6.45, 7) is 1.87. The van der Waals surface area contributed by atoms with Crippen molar-refractivity contribution in [1.82, 2.24) is 9.55 Å². The third-order valence-corrected chi connectivity index (χ3v) is 2.81. The summed E-state index contributed by atoms with van der Waals surface area (Å²) in [6, 6.07) is 4.74. The van der Waals surface area contributed by atoms with Gasteiger partial charge in [-0.05, 0) is 13.0 Å². The van der Waals surface area contributed by atoms with Crippen molar-refractivity contribution in [3.63, 3.8) is 0 Å². The van der Waals surface area contributed by atoms with E-state index in [1.807, 2.05) is 18.5 Å². The van der Waals surface area contributed by atoms with Crippen LogP contribution in [-0.4, -0.2) is 14.7 Å². The molecule has 0 radical (unpaired) electrons. The molecule has 1 N–H and O–H groups in total. The van der Waals surface area contributed by atoms with Crippen molar-refractivity contribution in [3.8, 4) is 0 Å². The molecule has 4 heteroatoms. The maximum absolute atomic E-state index is 13.6. The van der Waals surface area contributed by atoms with Crippen LogP contribution in [0.25, 0.3) is 0 Å². The van der Waals surface area contributed by atoms with Crippen molar-refractivity contribution >= 4 is 0 Å². The number of nitrogens with zero attached hydrogens (tertiary/aromatic N) is 2. The van der Waals surface area contributed by atoms with Crippen LogP contribution in [0.5, 0.6) is 0 Å². The average molecular weight is 234 g/mol. The van der Waals surface area contributed by atoms with E-state index in [1.54, 1.807) is 24.5 Å². The van der Waals surface area contributed by atoms with Gasteiger partial charge in [-0.2, -0.15) is 0 Å². The monoisotopic (exact) mass is 234 g/mol. The highest BCUT2D eigenvalue weighted by Crippen LogP contribution is 2.21. The van der Waals surface area contributed by atoms with Gasteiger partial charge >= 0.3 is 0 Å². The fourth-order valence-corrected chi connectivity index (χ4v) is 1.79. The fraction of sp³-hybridized carbons (Fsp3) is 0.308. The molecule has 0 aliphatic carbocycles. The summed E-state index contributed by atoms with van der Waals surface area (Å²) in [5, 5.41) is 10.0. The van der Waals surface area contributed by atoms with Crippen LogP contribution in [0.1, 0.15) is 23.1 Å². The molecule has 0 saturated heterocycles. The molecule has 1 aromatic carbocycles. The Labute approximate surface area is 99.5 Å². The molecule has 17 heavy (non-hydrogen) atoms. The fourth-order valence-electron chi connectivity index (χ4n) is 1.79. The molecule has 0 amide bonds. The van der Waals surface area contributed by atoms with Crippen LogP contribution in [-0.2, 0) is 13.5 Å². The van der Waals surface area contributed by atoms with Crippen LogP contribution in [0.3, 0.4) is 0 Å². The predicted octanol–water partition coefficient (Wildman–Crippen LogP) is 2.14. The number of aliphatic hydroxyl groups excluding tert-OH is 1. The zero-order valence-corrected chi connectivity index (χ0v) is 9.89. The summed E-state index contributed by atoms with van der Waals surface area (Å²) in [5.41, 5.74) is 1.26. The summed E-state index contributed by atoms with van der Waals surface area (Å²) in [6.07, 6.45) is 2.91. The number of aliphatic hydroxyl groups is 1. The van der Waals surface area contributed by atoms with Gasteiger partial charge in [-0.15, -0.1) is 0 Å². The largest absolute Gasteiger partial charge is 0.388 e. The molecule has 0 aliphatic rings. The van der Waals surface area contributed by atoms with E-state index < -0.39 is 6.10 Å². The summed E-state index contributed by atoms with van der Waals surface area (Å²) >= 11 is 0. The second-order valence-corrected chi connectivity index (χ2v) is 4.20. The molecule has 3 nitrogen and oxygen atoms in total. The van der Waals surface area contributed by atoms with Crippen molar-refractivity contribution in [2.75, 3.05) is 0 Å². The van der Waals surface area contributed by atoms with Gasteiger partial charge in [0, 0.05) is 31.4 Å². The minimum atomic E-state index is -0.865. The smallest absolute Gasteiger partial charge is 0.129 e. The summed E-state index contributed by atoms with van der Waals surface area (Å²) in [7, 11) is 1.85. The van der Waals surface area contributed by atoms with E-state index in [-0.39, 0.29) is 5.82 Å². The predicted molar refractivity (Wildman–Crippen MR) is 63.0 cm³/mol. The Balaban J connectivity index is 2.23. The molecule has 1 heterocycles. The minimum absolute atomic E-state index is 0.309. The lowest BCUT2D eigenvalue weighted by molar-refractivity contribution is 0.170. The van der Waals surface area contributed by atoms with E-state index in [1.165, 1.54) is 6.07 Å². The number of halogens is 1. The Hall–Kier alpha value is -1.68. The lowest BCUT2D eigenvalue weighted by Crippen LogP contribution is -2.08. The van der Waals surface area contributed by atoms with Crippen LogP contribution >= 0.6 is 0 Å². The van der Waals surface area contributed by atoms with E-state index in [4.69, 9.17) is 0 Å². The SMILES string of the molecule is Cc1ccc(F)c(C(O)Cc2nccn2C)c1. The molecule has 2 aromatic rings. The lowest BCUT2D eigenvalue weighted by atomic mass is 10.0. The van der Waals surface area contributed by atoms with E-state index in [2.05, 4.69) is 4.98 Å². The number of aromatic nitrogens is 2. The molecule has 0 bridgehead atoms. The summed E-state index contributed by atoms with van der Waals surface area (Å²) in [4.78, 5) is 4.11. The van der Waals surface area contributed by atoms with Crippen molar-refractivity contribution in [1.29, 1.82) is 0 Å². The summed E-state index contributed by atoms with van der Waals surface area (Å²) < 4.78 is 15.4. The molecule has 1 aromatic heterocycles. The van der Waals surface area contributed by atoms with Crippen LogP contribution in [0, 0.1) is 12.7 Å². The van der Waals surface area contributed by atoms with Crippen LogP contribution in [0.2, 0.25) is 0 Å². The molecule has 90 valence electrons. The van der Waals surface area contributed by atoms with Crippen molar-refractivity contribution < 1.29 is 9.50 Å². The highest BCUT2D eigenvalue weighted by atomic mass is 19.1. The van der Waals surface area contributed by atoms with E-state index in [9.17, 15) is 9.50 Å². The highest BCUT2D eigenvalue weighted by Gasteiger charge is 2.15. The Bertz CT molecular complexity index is 522. The molecule has 2 rings (SSSR count). The third kappa shape index (κ3) is 2.53. The molecule has 0 spiro atoms. The Morgan fingerprint density at radius 1 is 1.47 bits per heavy atom. The first kappa shape index (κ1) is 11.8. The van der Waals surface area contributed by atoms with E-state index in [0.717, 1.165) is 11.4 Å². The standard InChI is InChI=1S/C13H15FN2O/c1-9-3-4-11(14)10(7-9)12(17)8-13-15-5-6-16(13)2/h3-7,12,17H,8H2,1-2H3. The van der Waals surface area contributed by atoms with Gasteiger partial charge in [0.15, 0.2) is 0 Å². The topological polar surface area (TPSA) is 38.1 Å². The molecule has 0 aliphatic heterocycles. The molecule has 0 saturated carbocycles. The van der Waals surface area contributed by atoms with Crippen molar-refractivity contribution in [2.24, 2.45) is 7.05 Å². The number of hydrogen-bond acceptors (Lipinski definition) is 2. The number of rotatable bonds is 3. The first-order chi connectivity index (χ1) is 8.08. The molecular weight excluding hydrogens is 219 g/mol. The highest BCUT2D eigenvalue weighted by molar-refractivity contribution is 5.26. The van der Waals surface area contributed by atoms with Gasteiger partial charge < -0.3 is 9.67 Å². The quantitative estimate of drug-likeness (QED) is 0.883. The maximum atomic E-state index is 13.6. The van der Waals surface area contributed by atoms with Crippen molar-refractivity contribution in [3.05, 3.63) is 53.4 Å². The normalized spacial score (nSPS) is 12.7. The lowest BCUT2D eigenvalue weighted by Gasteiger charge is -2.12. The molecular formula is C13H15FN2O. The zero-order valence-electron chi connectivity index (χ0n) is 9.89. The van der Waals surface area contributed by atoms with Gasteiger partial charge in [-0.1, -0.05) is 17.7 Å². The Morgan fingerprint density at radius 3 is 2.88 bits per heavy atom. The second kappa shape index (κ2) is 4.67. The van der Waals surface area contributed by atoms with E-state index in [0.29, 0.717) is 12.0 Å². The van der Waals surface area contributed by atoms with E-state index >= 15 is 0 Å². The van der Waals surface area contributed by atoms with Gasteiger partial charge in [-0.25, -0.2) is 9.37 Å². The van der Waals surface area contributed by atoms with Crippen LogP contribution in [0.4, 0.5) is 4.39 Å². The Kier molecular flexibility index (Phi) is 3.24. The third-order valence-electron chi connectivity index (χ3n) is 2.81. The number of imidazole rings is 1. The molecule has 1 unspecified atom stereocenters. The second-order valence-electron chi connectivity index (χ2n) is 4.20. The van der Waals surface area contributed by atoms with Crippen LogP contribution in [0.15, 0.2) is 30.6 Å². The van der Waals surface area contributed by atoms with Crippen molar-refractivity contribution in [2.45, 2.75) is 19.4 Å². The van der Waals surface area contributed by atoms with Gasteiger partial charge in [0.2, 0.25) is 0 Å². The first-order valence-electron chi connectivity index (χ1n) is 5.48. The summed E-state index contributed by atoms with van der Waals surface area (Å²) in [5.74, 6) is 0.357. The Morgan fingerprint density at radius 2 is 2.24 bits per heavy atom. The maximum Gasteiger partial charge on any atom is 0.129 e. The van der Waals surface area contributed by atoms with Gasteiger partial charge in [-0.3, -0.25) is 0 Å². The minimum Gasteiger partial charge on any atom is -0.388 e. The van der Waals surface area contributed by atoms with Gasteiger partial charge in [0.1, 0.15) is 11.6 Å². The average Bonchev–Trinajstić information content (AvgIpc) is 2.68. The molecule has 0 fully saturated rings. The van der Waals surface area contributed by atoms with Crippen LogP contribution < -0.4 is 0 Å². The first-order valence-corrected chi connectivity index (χ1v) is 5.48. The van der Waals surface area contributed by atoms with Gasteiger partial charge in [0.05, 0.1) is 6.10 Å². The zero-order chi connectivity index (χ0) is 12.4. The molecule has 1 atom stereocenters. The number of hydrogen-bond donors (Lipinski definition) is 1. The van der Waals surface area contributed by atoms with Gasteiger partial charge in [0.25, 0.3) is 0 Å². The number of benzene rings is 1. The number of aryl methyl sites for hydroxylation is 2.